The largest absolute Gasteiger partial charge is 0.461 e. The van der Waals surface area contributed by atoms with Crippen LogP contribution in [0.2, 0.25) is 0 Å². The Labute approximate surface area is 126 Å². The fourth-order valence-electron chi connectivity index (χ4n) is 1.06. The van der Waals surface area contributed by atoms with Crippen LogP contribution in [0.15, 0.2) is 4.47 Å². The van der Waals surface area contributed by atoms with Gasteiger partial charge in [0, 0.05) is 12.4 Å². The maximum atomic E-state index is 11.5. The summed E-state index contributed by atoms with van der Waals surface area (Å²) in [4.78, 5) is 11.5. The standard InChI is InChI=1S/C8H10Br2N2O2.2C2H6/c1-3-14-8(13)7-6(10)5(4-9)11-12(7)2;2*1-2/h3-4H2,1-2H3;2*1-2H3. The fourth-order valence-corrected chi connectivity index (χ4v) is 2.47. The number of nitrogens with zero attached hydrogens (tertiary/aromatic N) is 2. The van der Waals surface area contributed by atoms with Gasteiger partial charge in [0.05, 0.1) is 16.8 Å². The Hall–Kier alpha value is -0.360. The van der Waals surface area contributed by atoms with E-state index in [4.69, 9.17) is 4.74 Å². The summed E-state index contributed by atoms with van der Waals surface area (Å²) in [7, 11) is 1.71. The van der Waals surface area contributed by atoms with Gasteiger partial charge in [-0.05, 0) is 22.9 Å². The van der Waals surface area contributed by atoms with Crippen LogP contribution in [0.4, 0.5) is 0 Å². The highest BCUT2D eigenvalue weighted by Gasteiger charge is 2.20. The Morgan fingerprint density at radius 1 is 1.33 bits per heavy atom. The molecule has 1 rings (SSSR count). The van der Waals surface area contributed by atoms with Gasteiger partial charge in [0.15, 0.2) is 5.69 Å². The molecular formula is C12H22Br2N2O2. The average Bonchev–Trinajstić information content (AvgIpc) is 2.69. The monoisotopic (exact) mass is 384 g/mol. The summed E-state index contributed by atoms with van der Waals surface area (Å²) >= 11 is 6.60. The second-order valence-corrected chi connectivity index (χ2v) is 3.94. The Morgan fingerprint density at radius 2 is 1.83 bits per heavy atom. The third-order valence-corrected chi connectivity index (χ3v) is 3.02. The molecule has 0 unspecified atom stereocenters. The number of ether oxygens (including phenoxy) is 1. The van der Waals surface area contributed by atoms with Crippen LogP contribution in [0.25, 0.3) is 0 Å². The van der Waals surface area contributed by atoms with Crippen molar-refractivity contribution in [2.75, 3.05) is 6.61 Å². The zero-order valence-electron chi connectivity index (χ0n) is 11.9. The van der Waals surface area contributed by atoms with Gasteiger partial charge in [0.1, 0.15) is 0 Å². The van der Waals surface area contributed by atoms with Crippen molar-refractivity contribution in [1.29, 1.82) is 0 Å². The lowest BCUT2D eigenvalue weighted by atomic mass is 10.4. The Morgan fingerprint density at radius 3 is 2.17 bits per heavy atom. The highest BCUT2D eigenvalue weighted by Crippen LogP contribution is 2.23. The fraction of sp³-hybridized carbons (Fsp3) is 0.667. The number of hydrogen-bond acceptors (Lipinski definition) is 3. The molecule has 0 fully saturated rings. The topological polar surface area (TPSA) is 44.1 Å². The van der Waals surface area contributed by atoms with Crippen LogP contribution >= 0.6 is 31.9 Å². The molecule has 18 heavy (non-hydrogen) atoms. The van der Waals surface area contributed by atoms with Gasteiger partial charge in [-0.3, -0.25) is 4.68 Å². The predicted molar refractivity (Wildman–Crippen MR) is 82.2 cm³/mol. The minimum atomic E-state index is -0.360. The van der Waals surface area contributed by atoms with Crippen molar-refractivity contribution in [1.82, 2.24) is 9.78 Å². The first-order valence-corrected chi connectivity index (χ1v) is 7.97. The molecule has 0 radical (unpaired) electrons. The molecular weight excluding hydrogens is 364 g/mol. The second-order valence-electron chi connectivity index (χ2n) is 2.59. The highest BCUT2D eigenvalue weighted by molar-refractivity contribution is 9.10. The van der Waals surface area contributed by atoms with Gasteiger partial charge in [-0.1, -0.05) is 43.6 Å². The number of rotatable bonds is 3. The van der Waals surface area contributed by atoms with E-state index in [0.717, 1.165) is 5.69 Å². The van der Waals surface area contributed by atoms with Crippen LogP contribution in [0, 0.1) is 0 Å². The Bertz CT molecular complexity index is 352. The second kappa shape index (κ2) is 11.7. The van der Waals surface area contributed by atoms with E-state index in [1.165, 1.54) is 4.68 Å². The van der Waals surface area contributed by atoms with E-state index >= 15 is 0 Å². The smallest absolute Gasteiger partial charge is 0.357 e. The molecule has 0 spiro atoms. The van der Waals surface area contributed by atoms with Gasteiger partial charge in [-0.25, -0.2) is 4.79 Å². The number of aromatic nitrogens is 2. The molecule has 0 aromatic carbocycles. The van der Waals surface area contributed by atoms with E-state index in [1.54, 1.807) is 14.0 Å². The van der Waals surface area contributed by atoms with E-state index in [-0.39, 0.29) is 5.97 Å². The van der Waals surface area contributed by atoms with Gasteiger partial charge in [0.2, 0.25) is 0 Å². The first-order chi connectivity index (χ1) is 8.61. The van der Waals surface area contributed by atoms with E-state index in [9.17, 15) is 4.79 Å². The molecule has 0 aliphatic carbocycles. The number of alkyl halides is 1. The van der Waals surface area contributed by atoms with Gasteiger partial charge in [-0.15, -0.1) is 0 Å². The van der Waals surface area contributed by atoms with Crippen molar-refractivity contribution in [3.8, 4) is 0 Å². The van der Waals surface area contributed by atoms with E-state index in [2.05, 4.69) is 37.0 Å². The predicted octanol–water partition coefficient (Wildman–Crippen LogP) is 4.31. The average molecular weight is 386 g/mol. The SMILES string of the molecule is CC.CC.CCOC(=O)c1c(Br)c(CBr)nn1C. The first kappa shape index (κ1) is 20.0. The lowest BCUT2D eigenvalue weighted by molar-refractivity contribution is 0.0512. The van der Waals surface area contributed by atoms with E-state index in [0.29, 0.717) is 22.1 Å². The van der Waals surface area contributed by atoms with Crippen molar-refractivity contribution < 1.29 is 9.53 Å². The number of carbonyl (C=O) groups is 1. The molecule has 0 aliphatic rings. The van der Waals surface area contributed by atoms with Crippen molar-refractivity contribution in [3.63, 3.8) is 0 Å². The lowest BCUT2D eigenvalue weighted by Gasteiger charge is -2.01. The molecule has 6 heteroatoms. The summed E-state index contributed by atoms with van der Waals surface area (Å²) in [5, 5.41) is 4.75. The highest BCUT2D eigenvalue weighted by atomic mass is 79.9. The minimum Gasteiger partial charge on any atom is -0.461 e. The van der Waals surface area contributed by atoms with Crippen molar-refractivity contribution in [2.24, 2.45) is 7.05 Å². The molecule has 1 aromatic heterocycles. The molecule has 0 bridgehead atoms. The molecule has 0 aliphatic heterocycles. The molecule has 1 aromatic rings. The number of esters is 1. The van der Waals surface area contributed by atoms with Gasteiger partial charge < -0.3 is 4.74 Å². The van der Waals surface area contributed by atoms with Gasteiger partial charge in [0.25, 0.3) is 0 Å². The normalized spacial score (nSPS) is 8.67. The summed E-state index contributed by atoms with van der Waals surface area (Å²) in [6, 6.07) is 0. The lowest BCUT2D eigenvalue weighted by Crippen LogP contribution is -2.10. The number of halogens is 2. The van der Waals surface area contributed by atoms with Crippen LogP contribution in [0.5, 0.6) is 0 Å². The molecule has 0 atom stereocenters. The maximum absolute atomic E-state index is 11.5. The van der Waals surface area contributed by atoms with Crippen LogP contribution < -0.4 is 0 Å². The molecule has 106 valence electrons. The Balaban J connectivity index is 0. The van der Waals surface area contributed by atoms with Crippen LogP contribution in [-0.2, 0) is 17.1 Å². The number of carbonyl (C=O) groups excluding carboxylic acids is 1. The van der Waals surface area contributed by atoms with Crippen LogP contribution in [0.1, 0.15) is 50.8 Å². The molecule has 0 saturated carbocycles. The zero-order valence-corrected chi connectivity index (χ0v) is 15.1. The summed E-state index contributed by atoms with van der Waals surface area (Å²) in [5.41, 5.74) is 1.23. The minimum absolute atomic E-state index is 0.360. The molecule has 0 N–H and O–H groups in total. The maximum Gasteiger partial charge on any atom is 0.357 e. The third kappa shape index (κ3) is 5.52. The third-order valence-electron chi connectivity index (χ3n) is 1.65. The van der Waals surface area contributed by atoms with Crippen LogP contribution in [0.3, 0.4) is 0 Å². The van der Waals surface area contributed by atoms with Crippen molar-refractivity contribution in [2.45, 2.75) is 39.9 Å². The molecule has 0 saturated heterocycles. The van der Waals surface area contributed by atoms with E-state index in [1.807, 2.05) is 27.7 Å². The van der Waals surface area contributed by atoms with Gasteiger partial charge in [-0.2, -0.15) is 5.10 Å². The van der Waals surface area contributed by atoms with E-state index < -0.39 is 0 Å². The van der Waals surface area contributed by atoms with Gasteiger partial charge >= 0.3 is 5.97 Å². The van der Waals surface area contributed by atoms with Crippen molar-refractivity contribution in [3.05, 3.63) is 15.9 Å². The molecule has 0 amide bonds. The summed E-state index contributed by atoms with van der Waals surface area (Å²) in [5.74, 6) is -0.360. The van der Waals surface area contributed by atoms with Crippen LogP contribution in [-0.4, -0.2) is 22.4 Å². The number of aryl methyl sites for hydroxylation is 1. The molecule has 4 nitrogen and oxygen atoms in total. The molecule has 1 heterocycles. The summed E-state index contributed by atoms with van der Waals surface area (Å²) in [6.45, 7) is 10.1. The van der Waals surface area contributed by atoms with Crippen molar-refractivity contribution >= 4 is 37.8 Å². The summed E-state index contributed by atoms with van der Waals surface area (Å²) in [6.07, 6.45) is 0. The number of hydrogen-bond donors (Lipinski definition) is 0. The first-order valence-electron chi connectivity index (χ1n) is 6.06. The summed E-state index contributed by atoms with van der Waals surface area (Å²) < 4.78 is 7.11. The Kier molecular flexibility index (Phi) is 13.0. The zero-order chi connectivity index (χ0) is 14.7. The quantitative estimate of drug-likeness (QED) is 0.575.